The number of aliphatic carboxylic acids is 1. The summed E-state index contributed by atoms with van der Waals surface area (Å²) in [5.41, 5.74) is 0. The second kappa shape index (κ2) is 8.55. The first-order chi connectivity index (χ1) is 7.11. The Morgan fingerprint density at radius 1 is 1.47 bits per heavy atom. The van der Waals surface area contributed by atoms with Gasteiger partial charge in [-0.3, -0.25) is 4.79 Å². The molecule has 15 heavy (non-hydrogen) atoms. The molecule has 0 rings (SSSR count). The monoisotopic (exact) mass is 235 g/mol. The Labute approximate surface area is 93.2 Å². The smallest absolute Gasteiger partial charge is 0.328 e. The number of hydrogen-bond donors (Lipinski definition) is 3. The van der Waals surface area contributed by atoms with Crippen molar-refractivity contribution in [2.24, 2.45) is 0 Å². The molecule has 0 heterocycles. The van der Waals surface area contributed by atoms with Gasteiger partial charge < -0.3 is 15.5 Å². The Morgan fingerprint density at radius 2 is 2.13 bits per heavy atom. The summed E-state index contributed by atoms with van der Waals surface area (Å²) in [6, 6.07) is -1.19. The lowest BCUT2D eigenvalue weighted by Gasteiger charge is -2.10. The van der Waals surface area contributed by atoms with E-state index in [1.807, 2.05) is 0 Å². The molecule has 0 spiro atoms. The number of amides is 1. The fourth-order valence-corrected chi connectivity index (χ4v) is 1.74. The van der Waals surface area contributed by atoms with Gasteiger partial charge in [-0.25, -0.2) is 4.79 Å². The van der Waals surface area contributed by atoms with E-state index in [4.69, 9.17) is 10.2 Å². The van der Waals surface area contributed by atoms with Crippen LogP contribution in [0.4, 0.5) is 0 Å². The van der Waals surface area contributed by atoms with Crippen molar-refractivity contribution in [1.82, 2.24) is 5.32 Å². The average Bonchev–Trinajstić information content (AvgIpc) is 2.20. The highest BCUT2D eigenvalue weighted by Crippen LogP contribution is 2.03. The van der Waals surface area contributed by atoms with E-state index in [1.54, 1.807) is 0 Å². The molecular formula is C9H17NO4S. The number of nitrogens with one attached hydrogen (secondary N) is 1. The average molecular weight is 235 g/mol. The van der Waals surface area contributed by atoms with Crippen LogP contribution in [-0.4, -0.2) is 46.2 Å². The maximum atomic E-state index is 11.2. The number of thioether (sulfide) groups is 1. The fourth-order valence-electron chi connectivity index (χ4n) is 0.833. The molecule has 0 unspecified atom stereocenters. The number of carbonyl (C=O) groups is 2. The van der Waals surface area contributed by atoms with Gasteiger partial charge in [0.2, 0.25) is 5.91 Å². The van der Waals surface area contributed by atoms with Gasteiger partial charge in [-0.15, -0.1) is 0 Å². The highest BCUT2D eigenvalue weighted by molar-refractivity contribution is 7.99. The van der Waals surface area contributed by atoms with E-state index in [-0.39, 0.29) is 11.7 Å². The van der Waals surface area contributed by atoms with E-state index in [9.17, 15) is 9.59 Å². The van der Waals surface area contributed by atoms with Gasteiger partial charge in [0, 0.05) is 0 Å². The molecule has 0 bridgehead atoms. The first kappa shape index (κ1) is 14.2. The predicted molar refractivity (Wildman–Crippen MR) is 58.9 cm³/mol. The molecule has 0 aromatic carbocycles. The number of rotatable bonds is 8. The van der Waals surface area contributed by atoms with E-state index in [1.165, 1.54) is 11.8 Å². The minimum Gasteiger partial charge on any atom is -0.480 e. The standard InChI is InChI=1S/C9H17NO4S/c1-2-3-4-15-6-8(12)10-7(5-11)9(13)14/h7,11H,2-6H2,1H3,(H,10,12)(H,13,14)/t7-/m0/s1. The van der Waals surface area contributed by atoms with E-state index < -0.39 is 18.6 Å². The number of unbranched alkanes of at least 4 members (excludes halogenated alkanes) is 1. The summed E-state index contributed by atoms with van der Waals surface area (Å²) in [6.45, 7) is 1.48. The molecule has 1 amide bonds. The summed E-state index contributed by atoms with van der Waals surface area (Å²) < 4.78 is 0. The summed E-state index contributed by atoms with van der Waals surface area (Å²) in [5, 5.41) is 19.4. The first-order valence-electron chi connectivity index (χ1n) is 4.82. The summed E-state index contributed by atoms with van der Waals surface area (Å²) in [7, 11) is 0. The van der Waals surface area contributed by atoms with Crippen molar-refractivity contribution in [2.45, 2.75) is 25.8 Å². The maximum absolute atomic E-state index is 11.2. The molecule has 0 saturated heterocycles. The van der Waals surface area contributed by atoms with Crippen molar-refractivity contribution >= 4 is 23.6 Å². The number of aliphatic hydroxyl groups is 1. The molecule has 0 aromatic heterocycles. The molecule has 0 aliphatic rings. The summed E-state index contributed by atoms with van der Waals surface area (Å²) in [6.07, 6.45) is 2.11. The molecule has 0 aliphatic carbocycles. The van der Waals surface area contributed by atoms with Crippen LogP contribution >= 0.6 is 11.8 Å². The third-order valence-corrected chi connectivity index (χ3v) is 2.73. The number of hydrogen-bond acceptors (Lipinski definition) is 4. The molecule has 0 radical (unpaired) electrons. The Hall–Kier alpha value is -0.750. The molecule has 0 fully saturated rings. The van der Waals surface area contributed by atoms with Crippen molar-refractivity contribution in [3.8, 4) is 0 Å². The van der Waals surface area contributed by atoms with Gasteiger partial charge in [-0.1, -0.05) is 13.3 Å². The Morgan fingerprint density at radius 3 is 2.60 bits per heavy atom. The topological polar surface area (TPSA) is 86.6 Å². The minimum atomic E-state index is -1.22. The van der Waals surface area contributed by atoms with E-state index in [0.717, 1.165) is 18.6 Å². The summed E-state index contributed by atoms with van der Waals surface area (Å²) in [5.74, 6) is -0.438. The number of carboxylic acid groups (broad SMARTS) is 1. The van der Waals surface area contributed by atoms with Crippen LogP contribution in [0.2, 0.25) is 0 Å². The van der Waals surface area contributed by atoms with E-state index in [0.29, 0.717) is 0 Å². The van der Waals surface area contributed by atoms with Crippen LogP contribution in [0.5, 0.6) is 0 Å². The molecule has 5 nitrogen and oxygen atoms in total. The Bertz CT molecular complexity index is 210. The largest absolute Gasteiger partial charge is 0.480 e. The van der Waals surface area contributed by atoms with Crippen molar-refractivity contribution in [2.75, 3.05) is 18.1 Å². The maximum Gasteiger partial charge on any atom is 0.328 e. The molecule has 0 aromatic rings. The molecule has 0 aliphatic heterocycles. The van der Waals surface area contributed by atoms with Crippen molar-refractivity contribution in [3.63, 3.8) is 0 Å². The van der Waals surface area contributed by atoms with Crippen LogP contribution in [0.25, 0.3) is 0 Å². The van der Waals surface area contributed by atoms with Crippen LogP contribution in [0.1, 0.15) is 19.8 Å². The Kier molecular flexibility index (Phi) is 8.12. The van der Waals surface area contributed by atoms with Gasteiger partial charge >= 0.3 is 5.97 Å². The van der Waals surface area contributed by atoms with E-state index in [2.05, 4.69) is 12.2 Å². The lowest BCUT2D eigenvalue weighted by molar-refractivity contribution is -0.142. The molecule has 0 saturated carbocycles. The quantitative estimate of drug-likeness (QED) is 0.519. The molecule has 3 N–H and O–H groups in total. The molecular weight excluding hydrogens is 218 g/mol. The SMILES string of the molecule is CCCCSCC(=O)N[C@@H](CO)C(=O)O. The van der Waals surface area contributed by atoms with Gasteiger partial charge in [0.25, 0.3) is 0 Å². The third-order valence-electron chi connectivity index (χ3n) is 1.69. The molecule has 88 valence electrons. The van der Waals surface area contributed by atoms with Crippen LogP contribution in [-0.2, 0) is 9.59 Å². The lowest BCUT2D eigenvalue weighted by Crippen LogP contribution is -2.44. The predicted octanol–water partition coefficient (Wildman–Crippen LogP) is 0.0814. The summed E-state index contributed by atoms with van der Waals surface area (Å²) >= 11 is 1.46. The second-order valence-corrected chi connectivity index (χ2v) is 4.15. The van der Waals surface area contributed by atoms with Gasteiger partial charge in [-0.2, -0.15) is 11.8 Å². The van der Waals surface area contributed by atoms with Gasteiger partial charge in [-0.05, 0) is 12.2 Å². The van der Waals surface area contributed by atoms with Crippen molar-refractivity contribution in [3.05, 3.63) is 0 Å². The van der Waals surface area contributed by atoms with Gasteiger partial charge in [0.1, 0.15) is 6.04 Å². The summed E-state index contributed by atoms with van der Waals surface area (Å²) in [4.78, 5) is 21.6. The van der Waals surface area contributed by atoms with Crippen molar-refractivity contribution < 1.29 is 19.8 Å². The van der Waals surface area contributed by atoms with Crippen LogP contribution in [0, 0.1) is 0 Å². The van der Waals surface area contributed by atoms with Crippen LogP contribution in [0.3, 0.4) is 0 Å². The van der Waals surface area contributed by atoms with Crippen LogP contribution in [0.15, 0.2) is 0 Å². The number of carbonyl (C=O) groups excluding carboxylic acids is 1. The Balaban J connectivity index is 3.67. The fraction of sp³-hybridized carbons (Fsp3) is 0.778. The molecule has 1 atom stereocenters. The lowest BCUT2D eigenvalue weighted by atomic mass is 10.3. The normalized spacial score (nSPS) is 12.1. The number of aliphatic hydroxyl groups excluding tert-OH is 1. The minimum absolute atomic E-state index is 0.240. The van der Waals surface area contributed by atoms with Gasteiger partial charge in [0.05, 0.1) is 12.4 Å². The van der Waals surface area contributed by atoms with Crippen LogP contribution < -0.4 is 5.32 Å². The first-order valence-corrected chi connectivity index (χ1v) is 5.98. The van der Waals surface area contributed by atoms with Crippen molar-refractivity contribution in [1.29, 1.82) is 0 Å². The number of carboxylic acids is 1. The van der Waals surface area contributed by atoms with E-state index >= 15 is 0 Å². The molecule has 6 heteroatoms. The second-order valence-electron chi connectivity index (χ2n) is 3.05. The zero-order chi connectivity index (χ0) is 11.7. The highest BCUT2D eigenvalue weighted by atomic mass is 32.2. The third kappa shape index (κ3) is 7.21. The highest BCUT2D eigenvalue weighted by Gasteiger charge is 2.18. The zero-order valence-electron chi connectivity index (χ0n) is 8.73. The zero-order valence-corrected chi connectivity index (χ0v) is 9.55. The van der Waals surface area contributed by atoms with Gasteiger partial charge in [0.15, 0.2) is 0 Å².